The van der Waals surface area contributed by atoms with Crippen LogP contribution < -0.4 is 9.80 Å². The van der Waals surface area contributed by atoms with Gasteiger partial charge in [-0.15, -0.1) is 0 Å². The first-order valence-corrected chi connectivity index (χ1v) is 18.5. The van der Waals surface area contributed by atoms with Gasteiger partial charge in [-0.3, -0.25) is 0 Å². The van der Waals surface area contributed by atoms with Crippen molar-refractivity contribution in [3.05, 3.63) is 229 Å². The first-order valence-electron chi connectivity index (χ1n) is 18.5. The summed E-state index contributed by atoms with van der Waals surface area (Å²) in [6, 6.07) is 73.6. The van der Waals surface area contributed by atoms with Gasteiger partial charge < -0.3 is 9.80 Å². The maximum absolute atomic E-state index is 2.34. The molecule has 0 spiro atoms. The molecule has 0 saturated heterocycles. The SMILES string of the molecule is Cc1cc(C)cc(N(c2ccc(/C=C/c3ccc(-c4ccc(N(c5ccccc5)c5ccccc5)cc4)cc3)cc2)c2ccc(-c3ccccc3)cc2)c1. The predicted octanol–water partition coefficient (Wildman–Crippen LogP) is 14.7. The number of hydrogen-bond donors (Lipinski definition) is 0. The van der Waals surface area contributed by atoms with Gasteiger partial charge in [0.15, 0.2) is 0 Å². The molecule has 0 fully saturated rings. The molecule has 0 aliphatic heterocycles. The number of nitrogens with zero attached hydrogens (tertiary/aromatic N) is 2. The van der Waals surface area contributed by atoms with Gasteiger partial charge in [-0.25, -0.2) is 0 Å². The van der Waals surface area contributed by atoms with Crippen LogP contribution in [0, 0.1) is 13.8 Å². The Hall–Kier alpha value is -6.90. The van der Waals surface area contributed by atoms with Gasteiger partial charge in [0.1, 0.15) is 0 Å². The molecule has 0 N–H and O–H groups in total. The van der Waals surface area contributed by atoms with E-state index in [0.29, 0.717) is 0 Å². The van der Waals surface area contributed by atoms with E-state index >= 15 is 0 Å². The van der Waals surface area contributed by atoms with Crippen LogP contribution in [0.15, 0.2) is 206 Å². The highest BCUT2D eigenvalue weighted by Crippen LogP contribution is 2.38. The van der Waals surface area contributed by atoms with E-state index in [1.807, 2.05) is 0 Å². The molecular weight excluding hydrogens is 653 g/mol. The van der Waals surface area contributed by atoms with Crippen LogP contribution >= 0.6 is 0 Å². The summed E-state index contributed by atoms with van der Waals surface area (Å²) in [6.07, 6.45) is 4.37. The molecule has 2 nitrogen and oxygen atoms in total. The molecule has 0 bridgehead atoms. The van der Waals surface area contributed by atoms with E-state index in [2.05, 4.69) is 242 Å². The van der Waals surface area contributed by atoms with Crippen molar-refractivity contribution in [2.45, 2.75) is 13.8 Å². The molecule has 0 amide bonds. The fourth-order valence-corrected chi connectivity index (χ4v) is 7.08. The lowest BCUT2D eigenvalue weighted by atomic mass is 10.0. The summed E-state index contributed by atoms with van der Waals surface area (Å²) in [4.78, 5) is 4.63. The van der Waals surface area contributed by atoms with E-state index in [1.165, 1.54) is 33.4 Å². The molecule has 0 radical (unpaired) electrons. The van der Waals surface area contributed by atoms with Crippen molar-refractivity contribution in [1.82, 2.24) is 0 Å². The summed E-state index contributed by atoms with van der Waals surface area (Å²) < 4.78 is 0. The molecular formula is C52H42N2. The van der Waals surface area contributed by atoms with Gasteiger partial charge in [0.2, 0.25) is 0 Å². The normalized spacial score (nSPS) is 11.1. The minimum atomic E-state index is 1.12. The maximum Gasteiger partial charge on any atom is 0.0466 e. The zero-order valence-electron chi connectivity index (χ0n) is 30.7. The Balaban J connectivity index is 0.993. The zero-order chi connectivity index (χ0) is 36.7. The Morgan fingerprint density at radius 3 is 1.00 bits per heavy atom. The Morgan fingerprint density at radius 2 is 0.574 bits per heavy atom. The van der Waals surface area contributed by atoms with E-state index < -0.39 is 0 Å². The molecule has 8 aromatic carbocycles. The molecule has 8 rings (SSSR count). The zero-order valence-corrected chi connectivity index (χ0v) is 30.7. The summed E-state index contributed by atoms with van der Waals surface area (Å²) in [5.41, 5.74) is 16.4. The van der Waals surface area contributed by atoms with E-state index in [1.54, 1.807) is 0 Å². The highest BCUT2D eigenvalue weighted by molar-refractivity contribution is 5.81. The molecule has 0 heterocycles. The van der Waals surface area contributed by atoms with Gasteiger partial charge in [0, 0.05) is 34.1 Å². The van der Waals surface area contributed by atoms with Crippen molar-refractivity contribution in [3.63, 3.8) is 0 Å². The molecule has 2 heteroatoms. The second-order valence-corrected chi connectivity index (χ2v) is 13.7. The summed E-state index contributed by atoms with van der Waals surface area (Å²) >= 11 is 0. The Bertz CT molecular complexity index is 2390. The fraction of sp³-hybridized carbons (Fsp3) is 0.0385. The fourth-order valence-electron chi connectivity index (χ4n) is 7.08. The van der Waals surface area contributed by atoms with Crippen LogP contribution in [0.2, 0.25) is 0 Å². The van der Waals surface area contributed by atoms with E-state index in [4.69, 9.17) is 0 Å². The number of anilines is 6. The summed E-state index contributed by atoms with van der Waals surface area (Å²) in [7, 11) is 0. The predicted molar refractivity (Wildman–Crippen MR) is 232 cm³/mol. The lowest BCUT2D eigenvalue weighted by Gasteiger charge is -2.26. The lowest BCUT2D eigenvalue weighted by molar-refractivity contribution is 1.25. The molecule has 260 valence electrons. The quantitative estimate of drug-likeness (QED) is 0.132. The Labute approximate surface area is 319 Å². The summed E-state index contributed by atoms with van der Waals surface area (Å²) in [5, 5.41) is 0. The van der Waals surface area contributed by atoms with Crippen molar-refractivity contribution in [3.8, 4) is 22.3 Å². The third-order valence-electron chi connectivity index (χ3n) is 9.72. The third-order valence-corrected chi connectivity index (χ3v) is 9.72. The maximum atomic E-state index is 2.34. The van der Waals surface area contributed by atoms with Crippen LogP contribution in [0.1, 0.15) is 22.3 Å². The lowest BCUT2D eigenvalue weighted by Crippen LogP contribution is -2.10. The van der Waals surface area contributed by atoms with E-state index in [0.717, 1.165) is 45.3 Å². The number of aryl methyl sites for hydroxylation is 2. The Morgan fingerprint density at radius 1 is 0.278 bits per heavy atom. The number of hydrogen-bond acceptors (Lipinski definition) is 2. The van der Waals surface area contributed by atoms with Crippen LogP contribution in [0.5, 0.6) is 0 Å². The van der Waals surface area contributed by atoms with E-state index in [-0.39, 0.29) is 0 Å². The molecule has 0 aliphatic carbocycles. The average Bonchev–Trinajstić information content (AvgIpc) is 3.22. The van der Waals surface area contributed by atoms with Crippen molar-refractivity contribution >= 4 is 46.3 Å². The summed E-state index contributed by atoms with van der Waals surface area (Å²) in [6.45, 7) is 4.33. The largest absolute Gasteiger partial charge is 0.311 e. The summed E-state index contributed by atoms with van der Waals surface area (Å²) in [5.74, 6) is 0. The first-order chi connectivity index (χ1) is 26.6. The number of benzene rings is 8. The van der Waals surface area contributed by atoms with Crippen LogP contribution in [0.25, 0.3) is 34.4 Å². The average molecular weight is 695 g/mol. The third kappa shape index (κ3) is 7.79. The Kier molecular flexibility index (Phi) is 9.99. The van der Waals surface area contributed by atoms with Crippen molar-refractivity contribution < 1.29 is 0 Å². The minimum absolute atomic E-state index is 1.12. The van der Waals surface area contributed by atoms with Crippen LogP contribution in [-0.2, 0) is 0 Å². The monoisotopic (exact) mass is 694 g/mol. The van der Waals surface area contributed by atoms with Gasteiger partial charge in [-0.05, 0) is 131 Å². The molecule has 0 aromatic heterocycles. The number of rotatable bonds is 10. The molecule has 0 aliphatic rings. The first kappa shape index (κ1) is 34.2. The van der Waals surface area contributed by atoms with Crippen molar-refractivity contribution in [1.29, 1.82) is 0 Å². The number of para-hydroxylation sites is 2. The standard InChI is InChI=1S/C52H42N2/c1-39-36-40(2)38-52(37-39)54(51-34-26-45(27-35-51)43-12-6-3-7-13-43)49-30-22-42(23-31-49)19-18-41-20-24-44(25-21-41)46-28-32-50(33-29-46)53(47-14-8-4-9-15-47)48-16-10-5-11-17-48/h3-38H,1-2H3/b19-18+. The topological polar surface area (TPSA) is 6.48 Å². The van der Waals surface area contributed by atoms with Gasteiger partial charge in [0.05, 0.1) is 0 Å². The van der Waals surface area contributed by atoms with Crippen molar-refractivity contribution in [2.75, 3.05) is 9.80 Å². The molecule has 0 atom stereocenters. The van der Waals surface area contributed by atoms with Crippen LogP contribution in [0.4, 0.5) is 34.1 Å². The molecule has 8 aromatic rings. The highest BCUT2D eigenvalue weighted by Gasteiger charge is 2.14. The second kappa shape index (κ2) is 15.8. The minimum Gasteiger partial charge on any atom is -0.311 e. The van der Waals surface area contributed by atoms with Crippen molar-refractivity contribution in [2.24, 2.45) is 0 Å². The van der Waals surface area contributed by atoms with Gasteiger partial charge >= 0.3 is 0 Å². The van der Waals surface area contributed by atoms with Gasteiger partial charge in [-0.1, -0.05) is 146 Å². The second-order valence-electron chi connectivity index (χ2n) is 13.7. The van der Waals surface area contributed by atoms with Crippen LogP contribution in [0.3, 0.4) is 0 Å². The smallest absolute Gasteiger partial charge is 0.0466 e. The molecule has 0 saturated carbocycles. The highest BCUT2D eigenvalue weighted by atomic mass is 15.1. The van der Waals surface area contributed by atoms with Crippen LogP contribution in [-0.4, -0.2) is 0 Å². The molecule has 0 unspecified atom stereocenters. The van der Waals surface area contributed by atoms with E-state index in [9.17, 15) is 0 Å². The van der Waals surface area contributed by atoms with Gasteiger partial charge in [0.25, 0.3) is 0 Å². The van der Waals surface area contributed by atoms with Gasteiger partial charge in [-0.2, -0.15) is 0 Å². The molecule has 54 heavy (non-hydrogen) atoms.